The summed E-state index contributed by atoms with van der Waals surface area (Å²) in [5.74, 6) is 0.802. The van der Waals surface area contributed by atoms with Gasteiger partial charge in [-0.3, -0.25) is 4.68 Å². The van der Waals surface area contributed by atoms with Crippen LogP contribution in [0.15, 0.2) is 23.2 Å². The van der Waals surface area contributed by atoms with Crippen molar-refractivity contribution in [3.63, 3.8) is 0 Å². The molecule has 3 aromatic heterocycles. The van der Waals surface area contributed by atoms with Crippen molar-refractivity contribution in [2.75, 3.05) is 6.54 Å². The third-order valence-electron chi connectivity index (χ3n) is 3.90. The van der Waals surface area contributed by atoms with Crippen molar-refractivity contribution < 1.29 is 8.42 Å². The Morgan fingerprint density at radius 3 is 2.79 bits per heavy atom. The Kier molecular flexibility index (Phi) is 4.37. The van der Waals surface area contributed by atoms with Crippen LogP contribution < -0.4 is 4.72 Å². The van der Waals surface area contributed by atoms with Crippen molar-refractivity contribution in [2.45, 2.75) is 31.6 Å². The summed E-state index contributed by atoms with van der Waals surface area (Å²) in [6, 6.07) is 3.76. The molecule has 0 saturated heterocycles. The van der Waals surface area contributed by atoms with Crippen LogP contribution in [0.2, 0.25) is 0 Å². The summed E-state index contributed by atoms with van der Waals surface area (Å²) in [6.07, 6.45) is 2.97. The lowest BCUT2D eigenvalue weighted by molar-refractivity contribution is 0.576. The fourth-order valence-corrected chi connectivity index (χ4v) is 4.20. The third kappa shape index (κ3) is 3.17. The average molecular weight is 348 g/mol. The zero-order chi connectivity index (χ0) is 17.3. The molecule has 0 aromatic carbocycles. The third-order valence-corrected chi connectivity index (χ3v) is 5.61. The molecule has 3 aromatic rings. The molecule has 0 aliphatic rings. The summed E-state index contributed by atoms with van der Waals surface area (Å²) in [4.78, 5) is 12.0. The molecule has 0 saturated carbocycles. The molecule has 128 valence electrons. The maximum atomic E-state index is 12.4. The minimum Gasteiger partial charge on any atom is -0.341 e. The predicted octanol–water partition coefficient (Wildman–Crippen LogP) is 1.22. The molecule has 0 unspecified atom stereocenters. The first-order chi connectivity index (χ1) is 11.4. The van der Waals surface area contributed by atoms with E-state index >= 15 is 0 Å². The normalized spacial score (nSPS) is 12.1. The van der Waals surface area contributed by atoms with Gasteiger partial charge < -0.3 is 4.98 Å². The van der Waals surface area contributed by atoms with Gasteiger partial charge in [-0.15, -0.1) is 0 Å². The minimum atomic E-state index is -3.56. The van der Waals surface area contributed by atoms with Gasteiger partial charge in [0.1, 0.15) is 10.7 Å². The minimum absolute atomic E-state index is 0.262. The number of aromatic amines is 1. The van der Waals surface area contributed by atoms with Crippen LogP contribution in [0, 0.1) is 13.8 Å². The summed E-state index contributed by atoms with van der Waals surface area (Å²) in [7, 11) is -1.82. The first-order valence-electron chi connectivity index (χ1n) is 7.68. The Labute approximate surface area is 140 Å². The van der Waals surface area contributed by atoms with E-state index in [1.54, 1.807) is 31.8 Å². The second-order valence-corrected chi connectivity index (χ2v) is 7.39. The van der Waals surface area contributed by atoms with E-state index in [1.807, 2.05) is 12.1 Å². The molecule has 0 bridgehead atoms. The van der Waals surface area contributed by atoms with E-state index in [9.17, 15) is 8.42 Å². The molecule has 0 aliphatic carbocycles. The van der Waals surface area contributed by atoms with Gasteiger partial charge in [0.15, 0.2) is 5.65 Å². The fourth-order valence-electron chi connectivity index (χ4n) is 2.69. The topological polar surface area (TPSA) is 106 Å². The lowest BCUT2D eigenvalue weighted by Gasteiger charge is -2.06. The van der Waals surface area contributed by atoms with Crippen LogP contribution in [0.3, 0.4) is 0 Å². The van der Waals surface area contributed by atoms with Gasteiger partial charge >= 0.3 is 0 Å². The van der Waals surface area contributed by atoms with E-state index < -0.39 is 10.0 Å². The van der Waals surface area contributed by atoms with Crippen molar-refractivity contribution in [1.29, 1.82) is 0 Å². The number of pyridine rings is 1. The number of aromatic nitrogens is 5. The number of hydrogen-bond acceptors (Lipinski definition) is 5. The molecule has 0 fully saturated rings. The summed E-state index contributed by atoms with van der Waals surface area (Å²) < 4.78 is 29.1. The quantitative estimate of drug-likeness (QED) is 0.652. The molecule has 8 nitrogen and oxygen atoms in total. The Balaban J connectivity index is 1.61. The number of nitrogens with zero attached hydrogens (tertiary/aromatic N) is 4. The van der Waals surface area contributed by atoms with Crippen LogP contribution in [-0.4, -0.2) is 39.7 Å². The number of aryl methyl sites for hydroxylation is 3. The molecular weight excluding hydrogens is 328 g/mol. The van der Waals surface area contributed by atoms with E-state index in [4.69, 9.17) is 0 Å². The number of hydrogen-bond donors (Lipinski definition) is 2. The Morgan fingerprint density at radius 1 is 1.33 bits per heavy atom. The highest BCUT2D eigenvalue weighted by Gasteiger charge is 2.23. The summed E-state index contributed by atoms with van der Waals surface area (Å²) in [5, 5.41) is 4.15. The molecule has 3 heterocycles. The smallest absolute Gasteiger partial charge is 0.244 e. The number of nitrogens with one attached hydrogen (secondary N) is 2. The molecule has 9 heteroatoms. The lowest BCUT2D eigenvalue weighted by Crippen LogP contribution is -2.26. The zero-order valence-electron chi connectivity index (χ0n) is 13.9. The van der Waals surface area contributed by atoms with Crippen molar-refractivity contribution in [1.82, 2.24) is 29.5 Å². The Hall–Kier alpha value is -2.26. The van der Waals surface area contributed by atoms with Crippen molar-refractivity contribution in [3.8, 4) is 0 Å². The van der Waals surface area contributed by atoms with Crippen LogP contribution in [-0.2, 0) is 23.5 Å². The van der Waals surface area contributed by atoms with Crippen LogP contribution in [0.25, 0.3) is 11.2 Å². The fraction of sp³-hybridized carbons (Fsp3) is 0.400. The van der Waals surface area contributed by atoms with Crippen LogP contribution in [0.4, 0.5) is 0 Å². The molecule has 0 aliphatic heterocycles. The highest BCUT2D eigenvalue weighted by atomic mass is 32.2. The predicted molar refractivity (Wildman–Crippen MR) is 90.1 cm³/mol. The molecule has 24 heavy (non-hydrogen) atoms. The van der Waals surface area contributed by atoms with Gasteiger partial charge in [0.25, 0.3) is 0 Å². The summed E-state index contributed by atoms with van der Waals surface area (Å²) >= 11 is 0. The van der Waals surface area contributed by atoms with Gasteiger partial charge in [-0.2, -0.15) is 5.10 Å². The van der Waals surface area contributed by atoms with E-state index in [1.165, 1.54) is 0 Å². The molecule has 0 amide bonds. The van der Waals surface area contributed by atoms with Crippen LogP contribution in [0.5, 0.6) is 0 Å². The lowest BCUT2D eigenvalue weighted by atomic mass is 10.3. The number of rotatable bonds is 6. The average Bonchev–Trinajstić information content (AvgIpc) is 3.04. The first kappa shape index (κ1) is 16.6. The largest absolute Gasteiger partial charge is 0.341 e. The number of H-pyrrole nitrogens is 1. The highest BCUT2D eigenvalue weighted by Crippen LogP contribution is 2.18. The Bertz CT molecular complexity index is 940. The zero-order valence-corrected chi connectivity index (χ0v) is 14.7. The number of sulfonamides is 1. The van der Waals surface area contributed by atoms with Crippen molar-refractivity contribution in [2.24, 2.45) is 7.05 Å². The maximum absolute atomic E-state index is 12.4. The van der Waals surface area contributed by atoms with E-state index in [-0.39, 0.29) is 4.90 Å². The molecule has 0 atom stereocenters. The van der Waals surface area contributed by atoms with Crippen LogP contribution in [0.1, 0.15) is 23.6 Å². The maximum Gasteiger partial charge on any atom is 0.244 e. The van der Waals surface area contributed by atoms with Gasteiger partial charge in [-0.25, -0.2) is 23.1 Å². The highest BCUT2D eigenvalue weighted by molar-refractivity contribution is 7.89. The van der Waals surface area contributed by atoms with Gasteiger partial charge in [-0.1, -0.05) is 0 Å². The van der Waals surface area contributed by atoms with E-state index in [2.05, 4.69) is 24.8 Å². The first-order valence-corrected chi connectivity index (χ1v) is 9.16. The number of fused-ring (bicyclic) bond motifs is 1. The second kappa shape index (κ2) is 6.33. The van der Waals surface area contributed by atoms with E-state index in [0.717, 1.165) is 11.3 Å². The van der Waals surface area contributed by atoms with Gasteiger partial charge in [0.05, 0.1) is 16.9 Å². The number of imidazole rings is 1. The summed E-state index contributed by atoms with van der Waals surface area (Å²) in [6.45, 7) is 3.78. The second-order valence-electron chi connectivity index (χ2n) is 5.68. The van der Waals surface area contributed by atoms with Gasteiger partial charge in [0, 0.05) is 26.2 Å². The molecule has 3 rings (SSSR count). The monoisotopic (exact) mass is 348 g/mol. The molecule has 2 N–H and O–H groups in total. The summed E-state index contributed by atoms with van der Waals surface area (Å²) in [5.41, 5.74) is 2.69. The van der Waals surface area contributed by atoms with Crippen molar-refractivity contribution in [3.05, 3.63) is 35.5 Å². The Morgan fingerprint density at radius 2 is 2.12 bits per heavy atom. The van der Waals surface area contributed by atoms with E-state index in [0.29, 0.717) is 36.4 Å². The molecule has 0 spiro atoms. The molecule has 0 radical (unpaired) electrons. The van der Waals surface area contributed by atoms with Gasteiger partial charge in [0.2, 0.25) is 10.0 Å². The van der Waals surface area contributed by atoms with Crippen LogP contribution >= 0.6 is 0 Å². The SMILES string of the molecule is Cc1nn(C)c(C)c1S(=O)(=O)NCCCc1nc2ncccc2[nH]1. The molecular formula is C15H20N6O2S. The standard InChI is InChI=1S/C15H20N6O2S/c1-10-14(11(2)21(3)20-10)24(22,23)17-9-5-7-13-18-12-6-4-8-16-15(12)19-13/h4,6,8,17H,5,7,9H2,1-3H3,(H,16,18,19). The van der Waals surface area contributed by atoms with Crippen molar-refractivity contribution >= 4 is 21.2 Å². The van der Waals surface area contributed by atoms with Gasteiger partial charge in [-0.05, 0) is 32.4 Å².